The zero-order valence-corrected chi connectivity index (χ0v) is 12.3. The van der Waals surface area contributed by atoms with Gasteiger partial charge in [-0.2, -0.15) is 0 Å². The fourth-order valence-electron chi connectivity index (χ4n) is 2.22. The van der Waals surface area contributed by atoms with E-state index in [0.717, 1.165) is 12.8 Å². The normalized spacial score (nSPS) is 23.3. The number of alkyl halides is 2. The summed E-state index contributed by atoms with van der Waals surface area (Å²) in [6, 6.07) is 0. The summed E-state index contributed by atoms with van der Waals surface area (Å²) in [5, 5.41) is 0. The first-order chi connectivity index (χ1) is 8.65. The molecule has 5 heteroatoms. The van der Waals surface area contributed by atoms with Crippen molar-refractivity contribution in [2.45, 2.75) is 64.9 Å². The third-order valence-corrected chi connectivity index (χ3v) is 3.31. The van der Waals surface area contributed by atoms with Gasteiger partial charge in [0.1, 0.15) is 5.60 Å². The Labute approximate surface area is 114 Å². The summed E-state index contributed by atoms with van der Waals surface area (Å²) in [7, 11) is 0. The smallest absolute Gasteiger partial charge is 0.410 e. The summed E-state index contributed by atoms with van der Waals surface area (Å²) in [5.74, 6) is -3.40. The molecule has 1 aliphatic rings. The first kappa shape index (κ1) is 16.2. The predicted molar refractivity (Wildman–Crippen MR) is 70.4 cm³/mol. The number of ether oxygens (including phenoxy) is 1. The molecule has 1 fully saturated rings. The summed E-state index contributed by atoms with van der Waals surface area (Å²) in [6.07, 6.45) is 1.37. The second-order valence-corrected chi connectivity index (χ2v) is 6.28. The van der Waals surface area contributed by atoms with E-state index in [1.165, 1.54) is 4.90 Å². The van der Waals surface area contributed by atoms with E-state index in [4.69, 9.17) is 4.74 Å². The monoisotopic (exact) mass is 277 g/mol. The fourth-order valence-corrected chi connectivity index (χ4v) is 2.22. The highest BCUT2D eigenvalue weighted by molar-refractivity contribution is 5.68. The lowest BCUT2D eigenvalue weighted by atomic mass is 9.89. The second-order valence-electron chi connectivity index (χ2n) is 6.28. The first-order valence-electron chi connectivity index (χ1n) is 7.01. The molecule has 0 bridgehead atoms. The Morgan fingerprint density at radius 1 is 1.42 bits per heavy atom. The fraction of sp³-hybridized carbons (Fsp3) is 0.929. The maximum Gasteiger partial charge on any atom is 0.410 e. The number of unbranched alkanes of at least 4 members (excludes halogenated alkanes) is 1. The van der Waals surface area contributed by atoms with Gasteiger partial charge >= 0.3 is 6.09 Å². The second kappa shape index (κ2) is 6.06. The number of hydrogen-bond donors (Lipinski definition) is 0. The Bertz CT molecular complexity index is 313. The molecule has 0 spiro atoms. The highest BCUT2D eigenvalue weighted by atomic mass is 19.3. The number of nitrogens with zero attached hydrogens (tertiary/aromatic N) is 1. The average molecular weight is 277 g/mol. The van der Waals surface area contributed by atoms with Gasteiger partial charge in [0, 0.05) is 25.4 Å². The number of halogens is 2. The van der Waals surface area contributed by atoms with Gasteiger partial charge in [0.05, 0.1) is 0 Å². The Morgan fingerprint density at radius 3 is 2.58 bits per heavy atom. The van der Waals surface area contributed by atoms with E-state index in [1.54, 1.807) is 20.8 Å². The molecule has 19 heavy (non-hydrogen) atoms. The van der Waals surface area contributed by atoms with E-state index >= 15 is 0 Å². The molecule has 0 saturated carbocycles. The van der Waals surface area contributed by atoms with Crippen molar-refractivity contribution < 1.29 is 18.3 Å². The van der Waals surface area contributed by atoms with Gasteiger partial charge in [-0.1, -0.05) is 19.8 Å². The Hall–Kier alpha value is -0.870. The predicted octanol–water partition coefficient (Wildman–Crippen LogP) is 4.07. The Balaban J connectivity index is 2.61. The lowest BCUT2D eigenvalue weighted by molar-refractivity contribution is -0.107. The molecule has 1 atom stereocenters. The molecule has 1 heterocycles. The van der Waals surface area contributed by atoms with E-state index in [2.05, 4.69) is 0 Å². The molecule has 1 aliphatic heterocycles. The van der Waals surface area contributed by atoms with Gasteiger partial charge in [0.25, 0.3) is 5.92 Å². The minimum Gasteiger partial charge on any atom is -0.444 e. The van der Waals surface area contributed by atoms with Crippen molar-refractivity contribution in [1.82, 2.24) is 4.90 Å². The topological polar surface area (TPSA) is 29.5 Å². The molecule has 0 aliphatic carbocycles. The van der Waals surface area contributed by atoms with Crippen LogP contribution in [0.2, 0.25) is 0 Å². The van der Waals surface area contributed by atoms with Gasteiger partial charge in [-0.25, -0.2) is 13.6 Å². The summed E-state index contributed by atoms with van der Waals surface area (Å²) >= 11 is 0. The molecule has 0 N–H and O–H groups in total. The van der Waals surface area contributed by atoms with Crippen LogP contribution >= 0.6 is 0 Å². The van der Waals surface area contributed by atoms with Crippen LogP contribution in [0.4, 0.5) is 13.6 Å². The van der Waals surface area contributed by atoms with Crippen LogP contribution < -0.4 is 0 Å². The number of piperidine rings is 1. The molecule has 3 nitrogen and oxygen atoms in total. The van der Waals surface area contributed by atoms with Crippen LogP contribution in [0.25, 0.3) is 0 Å². The van der Waals surface area contributed by atoms with E-state index in [1.807, 2.05) is 6.92 Å². The number of carbonyl (C=O) groups is 1. The molecule has 112 valence electrons. The number of rotatable bonds is 3. The van der Waals surface area contributed by atoms with E-state index < -0.39 is 23.5 Å². The lowest BCUT2D eigenvalue weighted by Crippen LogP contribution is -2.50. The maximum atomic E-state index is 13.8. The number of amides is 1. The summed E-state index contributed by atoms with van der Waals surface area (Å²) < 4.78 is 32.8. The van der Waals surface area contributed by atoms with Crippen molar-refractivity contribution in [3.63, 3.8) is 0 Å². The highest BCUT2D eigenvalue weighted by Crippen LogP contribution is 2.36. The minimum absolute atomic E-state index is 0.0739. The summed E-state index contributed by atoms with van der Waals surface area (Å²) in [4.78, 5) is 13.3. The molecule has 0 aromatic carbocycles. The molecule has 1 amide bonds. The maximum absolute atomic E-state index is 13.8. The van der Waals surface area contributed by atoms with Crippen LogP contribution in [0.3, 0.4) is 0 Å². The van der Waals surface area contributed by atoms with Crippen LogP contribution in [0, 0.1) is 5.92 Å². The van der Waals surface area contributed by atoms with Crippen LogP contribution in [0.15, 0.2) is 0 Å². The highest BCUT2D eigenvalue weighted by Gasteiger charge is 2.45. The lowest BCUT2D eigenvalue weighted by Gasteiger charge is -2.38. The molecule has 0 aromatic heterocycles. The molecule has 1 unspecified atom stereocenters. The molecular weight excluding hydrogens is 252 g/mol. The van der Waals surface area contributed by atoms with Crippen molar-refractivity contribution in [2.75, 3.05) is 13.1 Å². The van der Waals surface area contributed by atoms with Crippen LogP contribution in [-0.4, -0.2) is 35.6 Å². The quantitative estimate of drug-likeness (QED) is 0.778. The zero-order chi connectivity index (χ0) is 14.7. The van der Waals surface area contributed by atoms with Crippen molar-refractivity contribution in [1.29, 1.82) is 0 Å². The third-order valence-electron chi connectivity index (χ3n) is 3.31. The van der Waals surface area contributed by atoms with Crippen LogP contribution in [0.1, 0.15) is 53.4 Å². The molecule has 1 saturated heterocycles. The summed E-state index contributed by atoms with van der Waals surface area (Å²) in [6.45, 7) is 7.48. The molecular formula is C14H25F2NO2. The Morgan fingerprint density at radius 2 is 2.05 bits per heavy atom. The first-order valence-corrected chi connectivity index (χ1v) is 7.01. The van der Waals surface area contributed by atoms with Gasteiger partial charge in [-0.05, 0) is 27.2 Å². The minimum atomic E-state index is -2.66. The Kier molecular flexibility index (Phi) is 5.16. The van der Waals surface area contributed by atoms with Gasteiger partial charge in [-0.3, -0.25) is 0 Å². The standard InChI is InChI=1S/C14H25F2NO2/c1-5-6-7-11-10-17(9-8-14(11,15)16)12(18)19-13(2,3)4/h11H,5-10H2,1-4H3. The number of hydrogen-bond acceptors (Lipinski definition) is 2. The van der Waals surface area contributed by atoms with E-state index in [-0.39, 0.29) is 19.5 Å². The number of carbonyl (C=O) groups excluding carboxylic acids is 1. The van der Waals surface area contributed by atoms with Crippen LogP contribution in [0.5, 0.6) is 0 Å². The van der Waals surface area contributed by atoms with Crippen molar-refractivity contribution in [2.24, 2.45) is 5.92 Å². The number of likely N-dealkylation sites (tertiary alicyclic amines) is 1. The average Bonchev–Trinajstić information content (AvgIpc) is 2.24. The van der Waals surface area contributed by atoms with Gasteiger partial charge in [0.2, 0.25) is 0 Å². The van der Waals surface area contributed by atoms with Crippen LogP contribution in [-0.2, 0) is 4.74 Å². The van der Waals surface area contributed by atoms with Gasteiger partial charge < -0.3 is 9.64 Å². The largest absolute Gasteiger partial charge is 0.444 e. The molecule has 0 aromatic rings. The zero-order valence-electron chi connectivity index (χ0n) is 12.3. The summed E-state index contributed by atoms with van der Waals surface area (Å²) in [5.41, 5.74) is -0.587. The van der Waals surface area contributed by atoms with Crippen molar-refractivity contribution in [3.8, 4) is 0 Å². The van der Waals surface area contributed by atoms with E-state index in [0.29, 0.717) is 6.42 Å². The third kappa shape index (κ3) is 4.96. The molecule has 1 rings (SSSR count). The molecule has 0 radical (unpaired) electrons. The van der Waals surface area contributed by atoms with Gasteiger partial charge in [-0.15, -0.1) is 0 Å². The SMILES string of the molecule is CCCCC1CN(C(=O)OC(C)(C)C)CCC1(F)F. The van der Waals surface area contributed by atoms with Crippen molar-refractivity contribution >= 4 is 6.09 Å². The van der Waals surface area contributed by atoms with Crippen molar-refractivity contribution in [3.05, 3.63) is 0 Å². The van der Waals surface area contributed by atoms with E-state index in [9.17, 15) is 13.6 Å². The van der Waals surface area contributed by atoms with Gasteiger partial charge in [0.15, 0.2) is 0 Å².